The molecule has 1 unspecified atom stereocenters. The molecule has 76 valence electrons. The Balaban J connectivity index is 2.98. The van der Waals surface area contributed by atoms with Crippen LogP contribution in [-0.4, -0.2) is 17.1 Å². The molecule has 5 heteroatoms. The highest BCUT2D eigenvalue weighted by molar-refractivity contribution is 5.22. The van der Waals surface area contributed by atoms with Gasteiger partial charge in [0.1, 0.15) is 6.33 Å². The second-order valence-corrected chi connectivity index (χ2v) is 2.93. The minimum absolute atomic E-state index is 0.174. The van der Waals surface area contributed by atoms with Gasteiger partial charge in [-0.2, -0.15) is 0 Å². The molecular weight excluding hydrogens is 180 g/mol. The van der Waals surface area contributed by atoms with Crippen LogP contribution < -0.4 is 16.0 Å². The monoisotopic (exact) mass is 194 g/mol. The van der Waals surface area contributed by atoms with Crippen molar-refractivity contribution in [2.45, 2.75) is 13.0 Å². The Morgan fingerprint density at radius 2 is 2.36 bits per heavy atom. The third kappa shape index (κ3) is 2.27. The molecule has 0 aliphatic heterocycles. The molecule has 0 saturated heterocycles. The predicted octanol–water partition coefficient (Wildman–Crippen LogP) is 0.566. The lowest BCUT2D eigenvalue weighted by Crippen LogP contribution is -2.29. The second kappa shape index (κ2) is 4.69. The molecule has 1 heterocycles. The number of ether oxygens (including phenoxy) is 1. The maximum absolute atomic E-state index is 5.39. The van der Waals surface area contributed by atoms with Crippen LogP contribution in [-0.2, 0) is 0 Å². The second-order valence-electron chi connectivity index (χ2n) is 2.93. The van der Waals surface area contributed by atoms with E-state index in [-0.39, 0.29) is 6.04 Å². The summed E-state index contributed by atoms with van der Waals surface area (Å²) in [6.45, 7) is 5.69. The Morgan fingerprint density at radius 3 is 2.86 bits per heavy atom. The van der Waals surface area contributed by atoms with Gasteiger partial charge in [-0.1, -0.05) is 12.2 Å². The molecule has 1 rings (SSSR count). The number of nitrogens with two attached hydrogens (primary N) is 1. The molecule has 0 amide bonds. The number of methoxy groups -OCH3 is 1. The van der Waals surface area contributed by atoms with Crippen LogP contribution in [0.15, 0.2) is 24.5 Å². The van der Waals surface area contributed by atoms with Crippen molar-refractivity contribution < 1.29 is 4.74 Å². The van der Waals surface area contributed by atoms with E-state index in [9.17, 15) is 0 Å². The molecule has 1 aromatic rings. The Hall–Kier alpha value is -1.46. The fourth-order valence-corrected chi connectivity index (χ4v) is 1.10. The Bertz CT molecular complexity index is 326. The van der Waals surface area contributed by atoms with Gasteiger partial charge >= 0.3 is 0 Å². The van der Waals surface area contributed by atoms with Crippen LogP contribution in [0.4, 0.5) is 0 Å². The number of hydrazine groups is 1. The van der Waals surface area contributed by atoms with E-state index < -0.39 is 0 Å². The first-order valence-electron chi connectivity index (χ1n) is 4.16. The molecule has 14 heavy (non-hydrogen) atoms. The molecule has 1 aromatic heterocycles. The molecule has 0 saturated carbocycles. The first kappa shape index (κ1) is 10.6. The number of nitrogens with one attached hydrogen (secondary N) is 1. The molecule has 0 fully saturated rings. The van der Waals surface area contributed by atoms with Crippen LogP contribution in [0.5, 0.6) is 5.88 Å². The topological polar surface area (TPSA) is 73.1 Å². The van der Waals surface area contributed by atoms with E-state index in [2.05, 4.69) is 22.0 Å². The van der Waals surface area contributed by atoms with Gasteiger partial charge in [0.2, 0.25) is 5.88 Å². The van der Waals surface area contributed by atoms with E-state index in [1.54, 1.807) is 13.2 Å². The van der Waals surface area contributed by atoms with E-state index in [0.29, 0.717) is 5.88 Å². The van der Waals surface area contributed by atoms with Gasteiger partial charge in [-0.3, -0.25) is 5.84 Å². The molecule has 0 aromatic carbocycles. The summed E-state index contributed by atoms with van der Waals surface area (Å²) >= 11 is 0. The fraction of sp³-hybridized carbons (Fsp3) is 0.333. The molecule has 3 N–H and O–H groups in total. The molecular formula is C9H14N4O. The summed E-state index contributed by atoms with van der Waals surface area (Å²) in [4.78, 5) is 7.99. The highest BCUT2D eigenvalue weighted by atomic mass is 16.5. The van der Waals surface area contributed by atoms with Crippen molar-refractivity contribution >= 4 is 0 Å². The minimum atomic E-state index is -0.174. The molecule has 1 atom stereocenters. The van der Waals surface area contributed by atoms with Crippen LogP contribution in [0.25, 0.3) is 0 Å². The van der Waals surface area contributed by atoms with E-state index in [0.717, 1.165) is 11.3 Å². The van der Waals surface area contributed by atoms with Crippen molar-refractivity contribution in [1.29, 1.82) is 0 Å². The van der Waals surface area contributed by atoms with Gasteiger partial charge in [0.15, 0.2) is 0 Å². The zero-order valence-electron chi connectivity index (χ0n) is 8.32. The highest BCUT2D eigenvalue weighted by Gasteiger charge is 2.12. The maximum atomic E-state index is 5.39. The summed E-state index contributed by atoms with van der Waals surface area (Å²) < 4.78 is 4.98. The number of rotatable bonds is 4. The molecule has 5 nitrogen and oxygen atoms in total. The summed E-state index contributed by atoms with van der Waals surface area (Å²) in [7, 11) is 1.55. The van der Waals surface area contributed by atoms with Gasteiger partial charge in [0.25, 0.3) is 0 Å². The zero-order valence-corrected chi connectivity index (χ0v) is 8.32. The van der Waals surface area contributed by atoms with Gasteiger partial charge < -0.3 is 4.74 Å². The van der Waals surface area contributed by atoms with Crippen molar-refractivity contribution in [3.63, 3.8) is 0 Å². The summed E-state index contributed by atoms with van der Waals surface area (Å²) in [5, 5.41) is 0. The van der Waals surface area contributed by atoms with Crippen molar-refractivity contribution in [3.05, 3.63) is 30.2 Å². The lowest BCUT2D eigenvalue weighted by atomic mass is 10.1. The summed E-state index contributed by atoms with van der Waals surface area (Å²) in [5.41, 5.74) is 4.25. The van der Waals surface area contributed by atoms with Gasteiger partial charge in [0, 0.05) is 6.07 Å². The summed E-state index contributed by atoms with van der Waals surface area (Å²) in [6, 6.07) is 1.55. The van der Waals surface area contributed by atoms with Crippen molar-refractivity contribution in [2.75, 3.05) is 7.11 Å². The summed E-state index contributed by atoms with van der Waals surface area (Å²) in [6.07, 6.45) is 1.43. The first-order valence-corrected chi connectivity index (χ1v) is 4.16. The molecule has 0 radical (unpaired) electrons. The lowest BCUT2D eigenvalue weighted by molar-refractivity contribution is 0.395. The quantitative estimate of drug-likeness (QED) is 0.416. The lowest BCUT2D eigenvalue weighted by Gasteiger charge is -2.14. The van der Waals surface area contributed by atoms with E-state index in [4.69, 9.17) is 10.6 Å². The molecule has 0 spiro atoms. The average Bonchev–Trinajstić information content (AvgIpc) is 2.19. The van der Waals surface area contributed by atoms with Gasteiger partial charge in [-0.15, -0.1) is 0 Å². The normalized spacial score (nSPS) is 12.2. The van der Waals surface area contributed by atoms with Crippen LogP contribution in [0.1, 0.15) is 18.7 Å². The third-order valence-corrected chi connectivity index (χ3v) is 1.83. The largest absolute Gasteiger partial charge is 0.481 e. The fourth-order valence-electron chi connectivity index (χ4n) is 1.10. The maximum Gasteiger partial charge on any atom is 0.216 e. The predicted molar refractivity (Wildman–Crippen MR) is 53.5 cm³/mol. The van der Waals surface area contributed by atoms with Gasteiger partial charge in [-0.25, -0.2) is 15.4 Å². The van der Waals surface area contributed by atoms with E-state index in [1.807, 2.05) is 6.92 Å². The van der Waals surface area contributed by atoms with Crippen molar-refractivity contribution in [1.82, 2.24) is 15.4 Å². The Morgan fingerprint density at radius 1 is 1.64 bits per heavy atom. The van der Waals surface area contributed by atoms with Crippen molar-refractivity contribution in [3.8, 4) is 5.88 Å². The van der Waals surface area contributed by atoms with Crippen LogP contribution in [0.2, 0.25) is 0 Å². The average molecular weight is 194 g/mol. The molecule has 0 bridgehead atoms. The van der Waals surface area contributed by atoms with Crippen LogP contribution in [0, 0.1) is 0 Å². The van der Waals surface area contributed by atoms with E-state index in [1.165, 1.54) is 6.33 Å². The first-order chi connectivity index (χ1) is 6.69. The Kier molecular flexibility index (Phi) is 3.55. The standard InChI is InChI=1S/C9H14N4O/c1-6(2)9(13-10)7-4-8(14-3)12-5-11-7/h4-5,9,13H,1,10H2,2-3H3. The zero-order chi connectivity index (χ0) is 10.6. The highest BCUT2D eigenvalue weighted by Crippen LogP contribution is 2.18. The summed E-state index contributed by atoms with van der Waals surface area (Å²) in [5.74, 6) is 5.90. The molecule has 0 aliphatic carbocycles. The third-order valence-electron chi connectivity index (χ3n) is 1.83. The number of hydrogen-bond acceptors (Lipinski definition) is 5. The smallest absolute Gasteiger partial charge is 0.216 e. The van der Waals surface area contributed by atoms with E-state index >= 15 is 0 Å². The number of aromatic nitrogens is 2. The number of hydrogen-bond donors (Lipinski definition) is 2. The van der Waals surface area contributed by atoms with Crippen LogP contribution >= 0.6 is 0 Å². The SMILES string of the molecule is C=C(C)C(NN)c1cc(OC)ncn1. The minimum Gasteiger partial charge on any atom is -0.481 e. The molecule has 0 aliphatic rings. The Labute approximate surface area is 83.0 Å². The van der Waals surface area contributed by atoms with Gasteiger partial charge in [-0.05, 0) is 6.92 Å². The number of nitrogens with zero attached hydrogens (tertiary/aromatic N) is 2. The van der Waals surface area contributed by atoms with Crippen LogP contribution in [0.3, 0.4) is 0 Å². The van der Waals surface area contributed by atoms with Gasteiger partial charge in [0.05, 0.1) is 18.8 Å². The van der Waals surface area contributed by atoms with Crippen molar-refractivity contribution in [2.24, 2.45) is 5.84 Å².